The fraction of sp³-hybridized carbons (Fsp3) is 0.235. The Labute approximate surface area is 119 Å². The van der Waals surface area contributed by atoms with E-state index >= 15 is 0 Å². The van der Waals surface area contributed by atoms with E-state index in [9.17, 15) is 4.79 Å². The van der Waals surface area contributed by atoms with Gasteiger partial charge in [-0.2, -0.15) is 0 Å². The summed E-state index contributed by atoms with van der Waals surface area (Å²) < 4.78 is 5.75. The van der Waals surface area contributed by atoms with Crippen molar-refractivity contribution in [3.8, 4) is 5.75 Å². The Bertz CT molecular complexity index is 605. The molecule has 3 heteroatoms. The molecule has 20 heavy (non-hydrogen) atoms. The molecule has 0 aromatic heterocycles. The third kappa shape index (κ3) is 3.60. The number of ether oxygens (including phenoxy) is 1. The number of ketones is 1. The second-order valence-electron chi connectivity index (χ2n) is 4.94. The van der Waals surface area contributed by atoms with Gasteiger partial charge in [0.15, 0.2) is 5.78 Å². The maximum Gasteiger partial charge on any atom is 0.159 e. The van der Waals surface area contributed by atoms with Crippen LogP contribution in [0.2, 0.25) is 0 Å². The van der Waals surface area contributed by atoms with Gasteiger partial charge in [-0.1, -0.05) is 24.3 Å². The second kappa shape index (κ2) is 6.24. The molecule has 0 heterocycles. The van der Waals surface area contributed by atoms with Crippen LogP contribution in [-0.4, -0.2) is 19.9 Å². The molecular weight excluding hydrogens is 250 g/mol. The van der Waals surface area contributed by atoms with Gasteiger partial charge in [0.25, 0.3) is 0 Å². The molecule has 0 spiro atoms. The maximum atomic E-state index is 11.3. The molecule has 0 aliphatic carbocycles. The number of benzene rings is 2. The third-order valence-electron chi connectivity index (χ3n) is 3.07. The Kier molecular flexibility index (Phi) is 4.41. The van der Waals surface area contributed by atoms with Crippen LogP contribution in [0.5, 0.6) is 5.75 Å². The number of hydrogen-bond donors (Lipinski definition) is 0. The fourth-order valence-corrected chi connectivity index (χ4v) is 1.90. The average molecular weight is 269 g/mol. The fourth-order valence-electron chi connectivity index (χ4n) is 1.90. The Morgan fingerprint density at radius 1 is 1.10 bits per heavy atom. The third-order valence-corrected chi connectivity index (χ3v) is 3.07. The van der Waals surface area contributed by atoms with Gasteiger partial charge in [0.2, 0.25) is 0 Å². The molecule has 104 valence electrons. The van der Waals surface area contributed by atoms with Gasteiger partial charge in [0.1, 0.15) is 12.4 Å². The topological polar surface area (TPSA) is 29.5 Å². The lowest BCUT2D eigenvalue weighted by Crippen LogP contribution is -2.09. The average Bonchev–Trinajstić information content (AvgIpc) is 2.45. The summed E-state index contributed by atoms with van der Waals surface area (Å²) in [4.78, 5) is 13.4. The van der Waals surface area contributed by atoms with Gasteiger partial charge in [-0.15, -0.1) is 0 Å². The number of rotatable bonds is 5. The summed E-state index contributed by atoms with van der Waals surface area (Å²) in [6, 6.07) is 15.5. The summed E-state index contributed by atoms with van der Waals surface area (Å²) in [6.07, 6.45) is 0. The van der Waals surface area contributed by atoms with Crippen molar-refractivity contribution in [3.05, 3.63) is 59.7 Å². The molecular formula is C17H19NO2. The van der Waals surface area contributed by atoms with Crippen LogP contribution in [0, 0.1) is 0 Å². The first-order valence-corrected chi connectivity index (χ1v) is 6.56. The van der Waals surface area contributed by atoms with Crippen molar-refractivity contribution in [3.63, 3.8) is 0 Å². The summed E-state index contributed by atoms with van der Waals surface area (Å²) in [6.45, 7) is 2.04. The van der Waals surface area contributed by atoms with Gasteiger partial charge in [-0.05, 0) is 36.8 Å². The van der Waals surface area contributed by atoms with Gasteiger partial charge < -0.3 is 9.64 Å². The summed E-state index contributed by atoms with van der Waals surface area (Å²) in [5, 5.41) is 0. The van der Waals surface area contributed by atoms with Crippen LogP contribution < -0.4 is 9.64 Å². The minimum atomic E-state index is 0.0463. The van der Waals surface area contributed by atoms with E-state index in [-0.39, 0.29) is 5.78 Å². The number of Topliss-reactive ketones (excluding diaryl/α,β-unsaturated/α-hetero) is 1. The van der Waals surface area contributed by atoms with Crippen LogP contribution in [0.25, 0.3) is 0 Å². The summed E-state index contributed by atoms with van der Waals surface area (Å²) in [7, 11) is 4.02. The highest BCUT2D eigenvalue weighted by Crippen LogP contribution is 2.18. The zero-order chi connectivity index (χ0) is 14.5. The van der Waals surface area contributed by atoms with E-state index < -0.39 is 0 Å². The molecule has 2 aromatic rings. The standard InChI is InChI=1S/C17H19NO2/c1-13(19)15-7-5-9-17(11-15)20-12-14-6-4-8-16(10-14)18(2)3/h4-11H,12H2,1-3H3. The first-order chi connectivity index (χ1) is 9.56. The lowest BCUT2D eigenvalue weighted by atomic mass is 10.1. The van der Waals surface area contributed by atoms with Crippen molar-refractivity contribution < 1.29 is 9.53 Å². The first-order valence-electron chi connectivity index (χ1n) is 6.56. The zero-order valence-corrected chi connectivity index (χ0v) is 12.1. The van der Waals surface area contributed by atoms with Crippen molar-refractivity contribution >= 4 is 11.5 Å². The van der Waals surface area contributed by atoms with E-state index in [0.29, 0.717) is 17.9 Å². The number of hydrogen-bond acceptors (Lipinski definition) is 3. The van der Waals surface area contributed by atoms with Crippen molar-refractivity contribution in [1.29, 1.82) is 0 Å². The molecule has 0 N–H and O–H groups in total. The smallest absolute Gasteiger partial charge is 0.159 e. The molecule has 0 atom stereocenters. The lowest BCUT2D eigenvalue weighted by Gasteiger charge is -2.14. The molecule has 0 aliphatic heterocycles. The number of carbonyl (C=O) groups excluding carboxylic acids is 1. The van der Waals surface area contributed by atoms with Crippen molar-refractivity contribution in [2.45, 2.75) is 13.5 Å². The molecule has 0 saturated heterocycles. The Hall–Kier alpha value is -2.29. The summed E-state index contributed by atoms with van der Waals surface area (Å²) in [5.41, 5.74) is 2.91. The number of carbonyl (C=O) groups is 1. The molecule has 2 rings (SSSR count). The van der Waals surface area contributed by atoms with Crippen molar-refractivity contribution in [2.24, 2.45) is 0 Å². The van der Waals surface area contributed by atoms with E-state index in [0.717, 1.165) is 11.3 Å². The van der Waals surface area contributed by atoms with Crippen LogP contribution >= 0.6 is 0 Å². The lowest BCUT2D eigenvalue weighted by molar-refractivity contribution is 0.101. The largest absolute Gasteiger partial charge is 0.489 e. The van der Waals surface area contributed by atoms with Crippen LogP contribution in [0.4, 0.5) is 5.69 Å². The normalized spacial score (nSPS) is 10.2. The monoisotopic (exact) mass is 269 g/mol. The molecule has 2 aromatic carbocycles. The highest BCUT2D eigenvalue weighted by molar-refractivity contribution is 5.94. The predicted molar refractivity (Wildman–Crippen MR) is 81.5 cm³/mol. The molecule has 0 unspecified atom stereocenters. The quantitative estimate of drug-likeness (QED) is 0.778. The summed E-state index contributed by atoms with van der Waals surface area (Å²) >= 11 is 0. The maximum absolute atomic E-state index is 11.3. The van der Waals surface area contributed by atoms with Crippen LogP contribution in [0.1, 0.15) is 22.8 Å². The molecule has 0 aliphatic rings. The van der Waals surface area contributed by atoms with E-state index in [4.69, 9.17) is 4.74 Å². The SMILES string of the molecule is CC(=O)c1cccc(OCc2cccc(N(C)C)c2)c1. The van der Waals surface area contributed by atoms with Crippen LogP contribution in [-0.2, 0) is 6.61 Å². The van der Waals surface area contributed by atoms with E-state index in [1.165, 1.54) is 0 Å². The Morgan fingerprint density at radius 3 is 2.55 bits per heavy atom. The van der Waals surface area contributed by atoms with Crippen molar-refractivity contribution in [2.75, 3.05) is 19.0 Å². The zero-order valence-electron chi connectivity index (χ0n) is 12.1. The number of nitrogens with zero attached hydrogens (tertiary/aromatic N) is 1. The number of anilines is 1. The van der Waals surface area contributed by atoms with Gasteiger partial charge >= 0.3 is 0 Å². The molecule has 0 radical (unpaired) electrons. The summed E-state index contributed by atoms with van der Waals surface area (Å²) in [5.74, 6) is 0.762. The Morgan fingerprint density at radius 2 is 1.85 bits per heavy atom. The highest BCUT2D eigenvalue weighted by Gasteiger charge is 2.02. The van der Waals surface area contributed by atoms with Gasteiger partial charge in [0.05, 0.1) is 0 Å². The van der Waals surface area contributed by atoms with Gasteiger partial charge in [-0.25, -0.2) is 0 Å². The van der Waals surface area contributed by atoms with Crippen LogP contribution in [0.15, 0.2) is 48.5 Å². The minimum absolute atomic E-state index is 0.0463. The molecule has 0 saturated carbocycles. The van der Waals surface area contributed by atoms with E-state index in [1.54, 1.807) is 19.1 Å². The molecule has 0 amide bonds. The second-order valence-corrected chi connectivity index (χ2v) is 4.94. The van der Waals surface area contributed by atoms with Gasteiger partial charge in [0, 0.05) is 25.3 Å². The molecule has 0 bridgehead atoms. The first kappa shape index (κ1) is 14.1. The molecule has 0 fully saturated rings. The Balaban J connectivity index is 2.07. The minimum Gasteiger partial charge on any atom is -0.489 e. The van der Waals surface area contributed by atoms with E-state index in [2.05, 4.69) is 17.0 Å². The van der Waals surface area contributed by atoms with E-state index in [1.807, 2.05) is 38.4 Å². The van der Waals surface area contributed by atoms with Crippen LogP contribution in [0.3, 0.4) is 0 Å². The van der Waals surface area contributed by atoms with Gasteiger partial charge in [-0.3, -0.25) is 4.79 Å². The van der Waals surface area contributed by atoms with Crippen molar-refractivity contribution in [1.82, 2.24) is 0 Å². The predicted octanol–water partition coefficient (Wildman–Crippen LogP) is 3.53. The molecule has 3 nitrogen and oxygen atoms in total. The highest BCUT2D eigenvalue weighted by atomic mass is 16.5.